The van der Waals surface area contributed by atoms with Crippen LogP contribution in [-0.2, 0) is 6.54 Å². The van der Waals surface area contributed by atoms with E-state index in [1.54, 1.807) is 0 Å². The number of anilines is 1. The van der Waals surface area contributed by atoms with Gasteiger partial charge in [-0.05, 0) is 49.3 Å². The first-order chi connectivity index (χ1) is 13.2. The molecule has 2 N–H and O–H groups in total. The van der Waals surface area contributed by atoms with Gasteiger partial charge in [0.25, 0.3) is 0 Å². The molecule has 0 spiro atoms. The molecule has 2 aromatic rings. The third-order valence-corrected chi connectivity index (χ3v) is 5.25. The van der Waals surface area contributed by atoms with Crippen molar-refractivity contribution < 1.29 is 0 Å². The molecule has 1 heterocycles. The molecule has 1 saturated carbocycles. The average Bonchev–Trinajstić information content (AvgIpc) is 2.72. The van der Waals surface area contributed by atoms with Crippen LogP contribution < -0.4 is 15.5 Å². The van der Waals surface area contributed by atoms with Crippen molar-refractivity contribution >= 4 is 35.8 Å². The van der Waals surface area contributed by atoms with Gasteiger partial charge in [-0.25, -0.2) is 4.98 Å². The number of hydrogen-bond donors (Lipinski definition) is 2. The first-order valence-electron chi connectivity index (χ1n) is 9.81. The largest absolute Gasteiger partial charge is 0.363 e. The van der Waals surface area contributed by atoms with Gasteiger partial charge in [0, 0.05) is 27.2 Å². The highest BCUT2D eigenvalue weighted by atomic mass is 127. The summed E-state index contributed by atoms with van der Waals surface area (Å²) in [5.41, 5.74) is 2.49. The molecule has 1 fully saturated rings. The number of aliphatic imine (C=N–C) groups is 1. The molecule has 0 amide bonds. The Morgan fingerprint density at radius 1 is 1.04 bits per heavy atom. The second-order valence-electron chi connectivity index (χ2n) is 7.41. The third kappa shape index (κ3) is 6.36. The summed E-state index contributed by atoms with van der Waals surface area (Å²) in [6, 6.07) is 17.5. The van der Waals surface area contributed by atoms with Gasteiger partial charge in [0.05, 0.1) is 12.2 Å². The number of benzene rings is 1. The van der Waals surface area contributed by atoms with Gasteiger partial charge in [-0.2, -0.15) is 0 Å². The molecule has 1 aromatic carbocycles. The fraction of sp³-hybridized carbons (Fsp3) is 0.455. The molecule has 1 aromatic heterocycles. The lowest BCUT2D eigenvalue weighted by molar-refractivity contribution is 0.371. The van der Waals surface area contributed by atoms with E-state index in [0.717, 1.165) is 17.5 Å². The SMILES string of the molecule is CN=C(NCc1cccc(N(C)C)n1)NC1CCC(c2ccccc2)CC1.I. The molecular weight excluding hydrogens is 461 g/mol. The highest BCUT2D eigenvalue weighted by Crippen LogP contribution is 2.32. The number of hydrogen-bond acceptors (Lipinski definition) is 3. The summed E-state index contributed by atoms with van der Waals surface area (Å²) in [5.74, 6) is 2.52. The maximum absolute atomic E-state index is 4.65. The monoisotopic (exact) mass is 493 g/mol. The molecule has 0 bridgehead atoms. The van der Waals surface area contributed by atoms with Crippen molar-refractivity contribution in [3.63, 3.8) is 0 Å². The summed E-state index contributed by atoms with van der Waals surface area (Å²) in [7, 11) is 5.84. The second kappa shape index (κ2) is 11.2. The van der Waals surface area contributed by atoms with Gasteiger partial charge < -0.3 is 15.5 Å². The van der Waals surface area contributed by atoms with Gasteiger partial charge in [-0.15, -0.1) is 24.0 Å². The normalized spacial score (nSPS) is 19.5. The predicted molar refractivity (Wildman–Crippen MR) is 129 cm³/mol. The highest BCUT2D eigenvalue weighted by molar-refractivity contribution is 14.0. The lowest BCUT2D eigenvalue weighted by Crippen LogP contribution is -2.44. The van der Waals surface area contributed by atoms with Crippen molar-refractivity contribution in [1.82, 2.24) is 15.6 Å². The van der Waals surface area contributed by atoms with Crippen LogP contribution in [0, 0.1) is 0 Å². The average molecular weight is 493 g/mol. The van der Waals surface area contributed by atoms with Crippen LogP contribution in [0.25, 0.3) is 0 Å². The smallest absolute Gasteiger partial charge is 0.191 e. The Bertz CT molecular complexity index is 740. The Labute approximate surface area is 186 Å². The standard InChI is InChI=1S/C22H31N5.HI/c1-23-22(24-16-20-10-7-11-21(25-20)27(2)3)26-19-14-12-18(13-15-19)17-8-5-4-6-9-17;/h4-11,18-19H,12-16H2,1-3H3,(H2,23,24,26);1H. The van der Waals surface area contributed by atoms with Gasteiger partial charge in [0.2, 0.25) is 0 Å². The Morgan fingerprint density at radius 3 is 2.39 bits per heavy atom. The summed E-state index contributed by atoms with van der Waals surface area (Å²) in [5, 5.41) is 6.99. The van der Waals surface area contributed by atoms with Crippen LogP contribution in [0.5, 0.6) is 0 Å². The molecule has 0 unspecified atom stereocenters. The summed E-state index contributed by atoms with van der Waals surface area (Å²) in [6.45, 7) is 0.667. The number of pyridine rings is 1. The van der Waals surface area contributed by atoms with Gasteiger partial charge in [0.15, 0.2) is 5.96 Å². The number of aromatic nitrogens is 1. The van der Waals surface area contributed by atoms with Crippen molar-refractivity contribution in [3.05, 3.63) is 59.8 Å². The fourth-order valence-electron chi connectivity index (χ4n) is 3.67. The van der Waals surface area contributed by atoms with Crippen molar-refractivity contribution in [2.45, 2.75) is 44.2 Å². The van der Waals surface area contributed by atoms with Gasteiger partial charge in [0.1, 0.15) is 5.82 Å². The van der Waals surface area contributed by atoms with E-state index >= 15 is 0 Å². The molecule has 3 rings (SSSR count). The van der Waals surface area contributed by atoms with E-state index in [1.165, 1.54) is 31.2 Å². The fourth-order valence-corrected chi connectivity index (χ4v) is 3.67. The lowest BCUT2D eigenvalue weighted by atomic mass is 9.82. The first-order valence-corrected chi connectivity index (χ1v) is 9.81. The quantitative estimate of drug-likeness (QED) is 0.373. The minimum absolute atomic E-state index is 0. The third-order valence-electron chi connectivity index (χ3n) is 5.25. The number of guanidine groups is 1. The van der Waals surface area contributed by atoms with Crippen LogP contribution in [0.3, 0.4) is 0 Å². The van der Waals surface area contributed by atoms with E-state index in [1.807, 2.05) is 44.2 Å². The molecule has 28 heavy (non-hydrogen) atoms. The zero-order valence-electron chi connectivity index (χ0n) is 17.1. The minimum atomic E-state index is 0. The molecule has 6 heteroatoms. The number of nitrogens with one attached hydrogen (secondary N) is 2. The molecule has 1 aliphatic rings. The zero-order chi connectivity index (χ0) is 19.1. The van der Waals surface area contributed by atoms with E-state index in [-0.39, 0.29) is 24.0 Å². The van der Waals surface area contributed by atoms with Gasteiger partial charge >= 0.3 is 0 Å². The second-order valence-corrected chi connectivity index (χ2v) is 7.41. The molecule has 0 aliphatic heterocycles. The Kier molecular flexibility index (Phi) is 9.02. The van der Waals surface area contributed by atoms with Crippen LogP contribution in [-0.4, -0.2) is 38.1 Å². The van der Waals surface area contributed by atoms with Crippen molar-refractivity contribution in [2.75, 3.05) is 26.0 Å². The van der Waals surface area contributed by atoms with Crippen LogP contribution in [0.15, 0.2) is 53.5 Å². The number of halogens is 1. The maximum atomic E-state index is 4.65. The van der Waals surface area contributed by atoms with E-state index in [4.69, 9.17) is 0 Å². The topological polar surface area (TPSA) is 52.6 Å². The predicted octanol–water partition coefficient (Wildman–Crippen LogP) is 4.16. The van der Waals surface area contributed by atoms with Crippen LogP contribution in [0.1, 0.15) is 42.9 Å². The van der Waals surface area contributed by atoms with E-state index in [9.17, 15) is 0 Å². The molecule has 5 nitrogen and oxygen atoms in total. The van der Waals surface area contributed by atoms with E-state index in [2.05, 4.69) is 50.9 Å². The van der Waals surface area contributed by atoms with Crippen LogP contribution in [0.2, 0.25) is 0 Å². The Morgan fingerprint density at radius 2 is 1.75 bits per heavy atom. The van der Waals surface area contributed by atoms with Gasteiger partial charge in [-0.1, -0.05) is 36.4 Å². The molecule has 152 valence electrons. The molecule has 0 saturated heterocycles. The molecule has 1 aliphatic carbocycles. The molecular formula is C22H32IN5. The van der Waals surface area contributed by atoms with E-state index < -0.39 is 0 Å². The first kappa shape index (κ1) is 22.5. The summed E-state index contributed by atoms with van der Waals surface area (Å²) < 4.78 is 0. The highest BCUT2D eigenvalue weighted by Gasteiger charge is 2.22. The maximum Gasteiger partial charge on any atom is 0.191 e. The van der Waals surface area contributed by atoms with Crippen molar-refractivity contribution in [1.29, 1.82) is 0 Å². The Hall–Kier alpha value is -1.83. The Balaban J connectivity index is 0.00000280. The van der Waals surface area contributed by atoms with Crippen LogP contribution in [0.4, 0.5) is 5.82 Å². The van der Waals surface area contributed by atoms with Crippen LogP contribution >= 0.6 is 24.0 Å². The number of nitrogens with zero attached hydrogens (tertiary/aromatic N) is 3. The molecule has 0 atom stereocenters. The van der Waals surface area contributed by atoms with Crippen molar-refractivity contribution in [3.8, 4) is 0 Å². The molecule has 0 radical (unpaired) electrons. The summed E-state index contributed by atoms with van der Waals surface area (Å²) >= 11 is 0. The zero-order valence-corrected chi connectivity index (χ0v) is 19.4. The lowest BCUT2D eigenvalue weighted by Gasteiger charge is -2.30. The minimum Gasteiger partial charge on any atom is -0.363 e. The summed E-state index contributed by atoms with van der Waals surface area (Å²) in [6.07, 6.45) is 4.81. The van der Waals surface area contributed by atoms with Gasteiger partial charge in [-0.3, -0.25) is 4.99 Å². The number of rotatable bonds is 5. The van der Waals surface area contributed by atoms with E-state index in [0.29, 0.717) is 18.5 Å². The summed E-state index contributed by atoms with van der Waals surface area (Å²) in [4.78, 5) is 11.1. The van der Waals surface area contributed by atoms with Crippen molar-refractivity contribution in [2.24, 2.45) is 4.99 Å².